The lowest BCUT2D eigenvalue weighted by atomic mass is 10.2. The van der Waals surface area contributed by atoms with Gasteiger partial charge in [0.15, 0.2) is 5.17 Å². The van der Waals surface area contributed by atoms with Gasteiger partial charge in [0.25, 0.3) is 5.91 Å². The van der Waals surface area contributed by atoms with Crippen molar-refractivity contribution in [1.29, 1.82) is 0 Å². The summed E-state index contributed by atoms with van der Waals surface area (Å²) in [6, 6.07) is 13.1. The SMILES string of the molecule is C=CCOc1ccc(/C=C2\SC(=Nc3ccc(C)c(Cl)c3)NC2=O)cc1. The summed E-state index contributed by atoms with van der Waals surface area (Å²) in [5.41, 5.74) is 2.60. The number of halogens is 1. The number of carbonyl (C=O) groups excluding carboxylic acids is 1. The smallest absolute Gasteiger partial charge is 0.264 e. The number of nitrogens with one attached hydrogen (secondary N) is 1. The lowest BCUT2D eigenvalue weighted by molar-refractivity contribution is -0.115. The zero-order chi connectivity index (χ0) is 18.5. The Labute approximate surface area is 161 Å². The predicted molar refractivity (Wildman–Crippen MR) is 109 cm³/mol. The first-order chi connectivity index (χ1) is 12.5. The third-order valence-corrected chi connectivity index (χ3v) is 4.90. The molecule has 1 saturated heterocycles. The Bertz CT molecular complexity index is 905. The van der Waals surface area contributed by atoms with Crippen molar-refractivity contribution >= 4 is 46.2 Å². The molecule has 0 bridgehead atoms. The molecule has 0 radical (unpaired) electrons. The minimum atomic E-state index is -0.168. The second-order valence-corrected chi connectivity index (χ2v) is 7.02. The van der Waals surface area contributed by atoms with Crippen molar-refractivity contribution in [3.8, 4) is 5.75 Å². The Balaban J connectivity index is 1.74. The molecule has 132 valence electrons. The Hall–Kier alpha value is -2.50. The van der Waals surface area contributed by atoms with Crippen LogP contribution in [0.2, 0.25) is 5.02 Å². The van der Waals surface area contributed by atoms with Crippen LogP contribution < -0.4 is 10.1 Å². The molecule has 3 rings (SSSR count). The van der Waals surface area contributed by atoms with Crippen LogP contribution in [-0.4, -0.2) is 17.7 Å². The summed E-state index contributed by atoms with van der Waals surface area (Å²) >= 11 is 7.42. The molecule has 2 aromatic carbocycles. The van der Waals surface area contributed by atoms with Gasteiger partial charge in [-0.3, -0.25) is 4.79 Å². The highest BCUT2D eigenvalue weighted by Gasteiger charge is 2.23. The molecule has 0 unspecified atom stereocenters. The van der Waals surface area contributed by atoms with Gasteiger partial charge in [0.2, 0.25) is 0 Å². The van der Waals surface area contributed by atoms with Crippen molar-refractivity contribution in [1.82, 2.24) is 5.32 Å². The second kappa shape index (κ2) is 8.25. The van der Waals surface area contributed by atoms with Crippen LogP contribution in [0.5, 0.6) is 5.75 Å². The number of amidine groups is 1. The molecule has 0 saturated carbocycles. The number of aryl methyl sites for hydroxylation is 1. The maximum Gasteiger partial charge on any atom is 0.264 e. The number of benzene rings is 2. The van der Waals surface area contributed by atoms with E-state index in [1.54, 1.807) is 12.1 Å². The number of nitrogens with zero attached hydrogens (tertiary/aromatic N) is 1. The lowest BCUT2D eigenvalue weighted by Gasteiger charge is -2.03. The van der Waals surface area contributed by atoms with Crippen molar-refractivity contribution in [2.45, 2.75) is 6.92 Å². The average Bonchev–Trinajstić information content (AvgIpc) is 2.96. The van der Waals surface area contributed by atoms with E-state index in [2.05, 4.69) is 16.9 Å². The maximum absolute atomic E-state index is 12.2. The van der Waals surface area contributed by atoms with E-state index >= 15 is 0 Å². The zero-order valence-corrected chi connectivity index (χ0v) is 15.7. The van der Waals surface area contributed by atoms with Gasteiger partial charge in [-0.25, -0.2) is 4.99 Å². The van der Waals surface area contributed by atoms with Crippen molar-refractivity contribution in [3.05, 3.63) is 76.2 Å². The van der Waals surface area contributed by atoms with Crippen molar-refractivity contribution < 1.29 is 9.53 Å². The van der Waals surface area contributed by atoms with Crippen LogP contribution in [0, 0.1) is 6.92 Å². The molecule has 1 aliphatic rings. The first-order valence-electron chi connectivity index (χ1n) is 7.94. The molecule has 6 heteroatoms. The Morgan fingerprint density at radius 3 is 2.73 bits per heavy atom. The van der Waals surface area contributed by atoms with E-state index in [9.17, 15) is 4.79 Å². The quantitative estimate of drug-likeness (QED) is 0.576. The van der Waals surface area contributed by atoms with Crippen LogP contribution in [0.1, 0.15) is 11.1 Å². The van der Waals surface area contributed by atoms with Crippen molar-refractivity contribution in [2.24, 2.45) is 4.99 Å². The fourth-order valence-corrected chi connectivity index (χ4v) is 3.23. The average molecular weight is 385 g/mol. The van der Waals surface area contributed by atoms with Gasteiger partial charge >= 0.3 is 0 Å². The molecule has 1 aliphatic heterocycles. The van der Waals surface area contributed by atoms with E-state index in [0.717, 1.165) is 16.9 Å². The van der Waals surface area contributed by atoms with E-state index in [1.807, 2.05) is 49.4 Å². The highest BCUT2D eigenvalue weighted by atomic mass is 35.5. The highest BCUT2D eigenvalue weighted by Crippen LogP contribution is 2.29. The second-order valence-electron chi connectivity index (χ2n) is 5.58. The summed E-state index contributed by atoms with van der Waals surface area (Å²) < 4.78 is 5.45. The van der Waals surface area contributed by atoms with Crippen LogP contribution in [0.25, 0.3) is 6.08 Å². The molecule has 4 nitrogen and oxygen atoms in total. The van der Waals surface area contributed by atoms with E-state index in [1.165, 1.54) is 11.8 Å². The Morgan fingerprint density at radius 2 is 2.04 bits per heavy atom. The monoisotopic (exact) mass is 384 g/mol. The summed E-state index contributed by atoms with van der Waals surface area (Å²) in [4.78, 5) is 17.2. The van der Waals surface area contributed by atoms with Crippen LogP contribution in [0.4, 0.5) is 5.69 Å². The van der Waals surface area contributed by atoms with E-state index in [-0.39, 0.29) is 5.91 Å². The highest BCUT2D eigenvalue weighted by molar-refractivity contribution is 8.18. The third-order valence-electron chi connectivity index (χ3n) is 3.58. The van der Waals surface area contributed by atoms with Gasteiger partial charge in [0, 0.05) is 5.02 Å². The third kappa shape index (κ3) is 4.56. The van der Waals surface area contributed by atoms with E-state index in [0.29, 0.717) is 27.4 Å². The van der Waals surface area contributed by atoms with Crippen LogP contribution >= 0.6 is 23.4 Å². The van der Waals surface area contributed by atoms with Crippen LogP contribution in [0.3, 0.4) is 0 Å². The number of carbonyl (C=O) groups is 1. The molecule has 0 aliphatic carbocycles. The molecular weight excluding hydrogens is 368 g/mol. The summed E-state index contributed by atoms with van der Waals surface area (Å²) in [6.07, 6.45) is 3.51. The molecule has 26 heavy (non-hydrogen) atoms. The summed E-state index contributed by atoms with van der Waals surface area (Å²) in [5, 5.41) is 3.96. The minimum Gasteiger partial charge on any atom is -0.490 e. The fourth-order valence-electron chi connectivity index (χ4n) is 2.22. The largest absolute Gasteiger partial charge is 0.490 e. The summed E-state index contributed by atoms with van der Waals surface area (Å²) in [5.74, 6) is 0.591. The number of ether oxygens (including phenoxy) is 1. The molecule has 0 atom stereocenters. The van der Waals surface area contributed by atoms with Gasteiger partial charge in [-0.15, -0.1) is 0 Å². The van der Waals surface area contributed by atoms with Gasteiger partial charge in [-0.2, -0.15) is 0 Å². The number of hydrogen-bond acceptors (Lipinski definition) is 4. The summed E-state index contributed by atoms with van der Waals surface area (Å²) in [7, 11) is 0. The van der Waals surface area contributed by atoms with Crippen LogP contribution in [0.15, 0.2) is 65.0 Å². The predicted octanol–water partition coefficient (Wildman–Crippen LogP) is 5.10. The standard InChI is InChI=1S/C20H17ClN2O2S/c1-3-10-25-16-8-5-14(6-9-16)11-18-19(24)23-20(26-18)22-15-7-4-13(2)17(21)12-15/h3-9,11-12H,1,10H2,2H3,(H,22,23,24)/b18-11-. The van der Waals surface area contributed by atoms with Crippen molar-refractivity contribution in [2.75, 3.05) is 6.61 Å². The minimum absolute atomic E-state index is 0.168. The lowest BCUT2D eigenvalue weighted by Crippen LogP contribution is -2.19. The van der Waals surface area contributed by atoms with Crippen LogP contribution in [-0.2, 0) is 4.79 Å². The van der Waals surface area contributed by atoms with Gasteiger partial charge in [0.1, 0.15) is 12.4 Å². The maximum atomic E-state index is 12.2. The Kier molecular flexibility index (Phi) is 5.81. The number of aliphatic imine (C=N–C) groups is 1. The topological polar surface area (TPSA) is 50.7 Å². The normalized spacial score (nSPS) is 16.8. The molecule has 1 N–H and O–H groups in total. The molecule has 0 spiro atoms. The molecule has 1 heterocycles. The van der Waals surface area contributed by atoms with Gasteiger partial charge in [0.05, 0.1) is 10.6 Å². The first-order valence-corrected chi connectivity index (χ1v) is 9.14. The Morgan fingerprint density at radius 1 is 1.27 bits per heavy atom. The zero-order valence-electron chi connectivity index (χ0n) is 14.2. The summed E-state index contributed by atoms with van der Waals surface area (Å²) in [6.45, 7) is 6.01. The van der Waals surface area contributed by atoms with Gasteiger partial charge < -0.3 is 10.1 Å². The van der Waals surface area contributed by atoms with Gasteiger partial charge in [-0.05, 0) is 60.2 Å². The molecular formula is C20H17ClN2O2S. The van der Waals surface area contributed by atoms with E-state index < -0.39 is 0 Å². The van der Waals surface area contributed by atoms with Gasteiger partial charge in [-0.1, -0.05) is 42.5 Å². The molecule has 0 aromatic heterocycles. The number of rotatable bonds is 5. The first kappa shape index (κ1) is 18.3. The molecule has 1 amide bonds. The molecule has 2 aromatic rings. The van der Waals surface area contributed by atoms with Crippen molar-refractivity contribution in [3.63, 3.8) is 0 Å². The fraction of sp³-hybridized carbons (Fsp3) is 0.100. The van der Waals surface area contributed by atoms with E-state index in [4.69, 9.17) is 16.3 Å². The molecule has 1 fully saturated rings. The number of hydrogen-bond donors (Lipinski definition) is 1. The number of amides is 1. The number of thioether (sulfide) groups is 1.